The molecule has 3 nitrogen and oxygen atoms in total. The average Bonchev–Trinajstić information content (AvgIpc) is 2.47. The minimum absolute atomic E-state index is 0.184. The molecule has 1 aromatic carbocycles. The molecule has 0 unspecified atom stereocenters. The molecule has 1 heterocycles. The van der Waals surface area contributed by atoms with Crippen LogP contribution in [0.1, 0.15) is 37.0 Å². The number of carbonyl (C=O) groups excluding carboxylic acids is 1. The summed E-state index contributed by atoms with van der Waals surface area (Å²) in [5.74, 6) is 0.904. The minimum Gasteiger partial charge on any atom is -0.339 e. The van der Waals surface area contributed by atoms with Crippen LogP contribution in [0.15, 0.2) is 24.3 Å². The van der Waals surface area contributed by atoms with Gasteiger partial charge in [0.05, 0.1) is 0 Å². The fourth-order valence-electron chi connectivity index (χ4n) is 2.74. The van der Waals surface area contributed by atoms with Gasteiger partial charge in [0, 0.05) is 34.8 Å². The standard InChI is InChI=1S/C17H25IN2O/c1-13(2)19(3)12-14-7-9-20(10-8-14)17(21)15-5-4-6-16(18)11-15/h4-6,11,13-14H,7-10,12H2,1-3H3. The van der Waals surface area contributed by atoms with E-state index in [0.717, 1.165) is 47.5 Å². The Morgan fingerprint density at radius 2 is 2.05 bits per heavy atom. The quantitative estimate of drug-likeness (QED) is 0.723. The van der Waals surface area contributed by atoms with E-state index in [0.29, 0.717) is 6.04 Å². The molecule has 0 aromatic heterocycles. The number of nitrogens with zero attached hydrogens (tertiary/aromatic N) is 2. The Morgan fingerprint density at radius 3 is 2.62 bits per heavy atom. The second kappa shape index (κ2) is 7.58. The van der Waals surface area contributed by atoms with Gasteiger partial charge in [0.2, 0.25) is 0 Å². The van der Waals surface area contributed by atoms with Crippen LogP contribution in [0.3, 0.4) is 0 Å². The zero-order valence-corrected chi connectivity index (χ0v) is 15.3. The molecule has 1 amide bonds. The third kappa shape index (κ3) is 4.68. The number of benzene rings is 1. The number of halogens is 1. The SMILES string of the molecule is CC(C)N(C)CC1CCN(C(=O)c2cccc(I)c2)CC1. The van der Waals surface area contributed by atoms with Crippen LogP contribution in [0, 0.1) is 9.49 Å². The summed E-state index contributed by atoms with van der Waals surface area (Å²) in [5.41, 5.74) is 0.819. The Hall–Kier alpha value is -0.620. The van der Waals surface area contributed by atoms with Crippen LogP contribution in [-0.4, -0.2) is 48.4 Å². The van der Waals surface area contributed by atoms with Gasteiger partial charge in [-0.2, -0.15) is 0 Å². The molecular formula is C17H25IN2O. The number of hydrogen-bond donors (Lipinski definition) is 0. The molecule has 0 saturated carbocycles. The number of likely N-dealkylation sites (tertiary alicyclic amines) is 1. The van der Waals surface area contributed by atoms with Gasteiger partial charge in [0.1, 0.15) is 0 Å². The van der Waals surface area contributed by atoms with E-state index >= 15 is 0 Å². The van der Waals surface area contributed by atoms with Gasteiger partial charge in [-0.25, -0.2) is 0 Å². The van der Waals surface area contributed by atoms with Crippen LogP contribution in [0.4, 0.5) is 0 Å². The van der Waals surface area contributed by atoms with Crippen molar-refractivity contribution in [3.63, 3.8) is 0 Å². The lowest BCUT2D eigenvalue weighted by Gasteiger charge is -2.35. The first kappa shape index (κ1) is 16.7. The molecule has 4 heteroatoms. The van der Waals surface area contributed by atoms with Crippen molar-refractivity contribution in [2.75, 3.05) is 26.7 Å². The number of amides is 1. The average molecular weight is 400 g/mol. The molecule has 1 aliphatic rings. The Balaban J connectivity index is 1.87. The highest BCUT2D eigenvalue weighted by Gasteiger charge is 2.24. The molecule has 0 spiro atoms. The number of hydrogen-bond acceptors (Lipinski definition) is 2. The van der Waals surface area contributed by atoms with Crippen LogP contribution in [0.5, 0.6) is 0 Å². The van der Waals surface area contributed by atoms with Crippen molar-refractivity contribution >= 4 is 28.5 Å². The molecule has 2 rings (SSSR count). The molecule has 1 fully saturated rings. The van der Waals surface area contributed by atoms with E-state index in [1.165, 1.54) is 0 Å². The lowest BCUT2D eigenvalue weighted by atomic mass is 9.95. The summed E-state index contributed by atoms with van der Waals surface area (Å²) >= 11 is 2.26. The van der Waals surface area contributed by atoms with E-state index in [9.17, 15) is 4.79 Å². The Morgan fingerprint density at radius 1 is 1.38 bits per heavy atom. The highest BCUT2D eigenvalue weighted by atomic mass is 127. The van der Waals surface area contributed by atoms with E-state index in [2.05, 4.69) is 48.4 Å². The molecule has 1 aliphatic heterocycles. The number of piperidine rings is 1. The molecule has 0 bridgehead atoms. The molecule has 0 N–H and O–H groups in total. The first-order valence-electron chi connectivity index (χ1n) is 7.72. The summed E-state index contributed by atoms with van der Waals surface area (Å²) in [6, 6.07) is 8.46. The fraction of sp³-hybridized carbons (Fsp3) is 0.588. The van der Waals surface area contributed by atoms with E-state index in [-0.39, 0.29) is 5.91 Å². The Labute approximate surface area is 141 Å². The minimum atomic E-state index is 0.184. The van der Waals surface area contributed by atoms with E-state index < -0.39 is 0 Å². The van der Waals surface area contributed by atoms with Crippen molar-refractivity contribution in [1.29, 1.82) is 0 Å². The van der Waals surface area contributed by atoms with Gasteiger partial charge in [-0.1, -0.05) is 6.07 Å². The number of rotatable bonds is 4. The van der Waals surface area contributed by atoms with Crippen LogP contribution in [0.25, 0.3) is 0 Å². The lowest BCUT2D eigenvalue weighted by Crippen LogP contribution is -2.42. The van der Waals surface area contributed by atoms with Crippen LogP contribution < -0.4 is 0 Å². The monoisotopic (exact) mass is 400 g/mol. The smallest absolute Gasteiger partial charge is 0.253 e. The van der Waals surface area contributed by atoms with Crippen LogP contribution >= 0.6 is 22.6 Å². The Kier molecular flexibility index (Phi) is 6.05. The van der Waals surface area contributed by atoms with Gasteiger partial charge in [-0.3, -0.25) is 4.79 Å². The maximum atomic E-state index is 12.5. The summed E-state index contributed by atoms with van der Waals surface area (Å²) in [6.45, 7) is 7.39. The molecule has 0 atom stereocenters. The van der Waals surface area contributed by atoms with Gasteiger partial charge in [0.25, 0.3) is 5.91 Å². The zero-order chi connectivity index (χ0) is 15.4. The van der Waals surface area contributed by atoms with Crippen LogP contribution in [0.2, 0.25) is 0 Å². The molecule has 116 valence electrons. The second-order valence-corrected chi connectivity index (χ2v) is 7.52. The van der Waals surface area contributed by atoms with Crippen molar-refractivity contribution in [1.82, 2.24) is 9.80 Å². The summed E-state index contributed by atoms with van der Waals surface area (Å²) in [4.78, 5) is 16.9. The van der Waals surface area contributed by atoms with E-state index in [4.69, 9.17) is 0 Å². The van der Waals surface area contributed by atoms with Gasteiger partial charge in [0.15, 0.2) is 0 Å². The zero-order valence-electron chi connectivity index (χ0n) is 13.2. The maximum absolute atomic E-state index is 12.5. The van der Waals surface area contributed by atoms with E-state index in [1.54, 1.807) is 0 Å². The third-order valence-corrected chi connectivity index (χ3v) is 5.07. The van der Waals surface area contributed by atoms with Gasteiger partial charge in [-0.15, -0.1) is 0 Å². The molecule has 1 aromatic rings. The first-order valence-corrected chi connectivity index (χ1v) is 8.80. The normalized spacial score (nSPS) is 16.8. The largest absolute Gasteiger partial charge is 0.339 e. The first-order chi connectivity index (χ1) is 9.97. The van der Waals surface area contributed by atoms with Gasteiger partial charge < -0.3 is 9.80 Å². The molecule has 0 aliphatic carbocycles. The van der Waals surface area contributed by atoms with Crippen LogP contribution in [-0.2, 0) is 0 Å². The molecular weight excluding hydrogens is 375 g/mol. The summed E-state index contributed by atoms with van der Waals surface area (Å²) in [7, 11) is 2.19. The second-order valence-electron chi connectivity index (χ2n) is 6.28. The van der Waals surface area contributed by atoms with Crippen molar-refractivity contribution in [2.24, 2.45) is 5.92 Å². The molecule has 0 radical (unpaired) electrons. The van der Waals surface area contributed by atoms with E-state index in [1.807, 2.05) is 29.2 Å². The maximum Gasteiger partial charge on any atom is 0.253 e. The summed E-state index contributed by atoms with van der Waals surface area (Å²) in [6.07, 6.45) is 2.24. The van der Waals surface area contributed by atoms with Crippen molar-refractivity contribution in [3.8, 4) is 0 Å². The summed E-state index contributed by atoms with van der Waals surface area (Å²) in [5, 5.41) is 0. The van der Waals surface area contributed by atoms with Crippen molar-refractivity contribution < 1.29 is 4.79 Å². The number of carbonyl (C=O) groups is 1. The van der Waals surface area contributed by atoms with Gasteiger partial charge >= 0.3 is 0 Å². The predicted molar refractivity (Wildman–Crippen MR) is 95.6 cm³/mol. The van der Waals surface area contributed by atoms with Gasteiger partial charge in [-0.05, 0) is 80.4 Å². The summed E-state index contributed by atoms with van der Waals surface area (Å²) < 4.78 is 1.12. The van der Waals surface area contributed by atoms with Crippen molar-refractivity contribution in [2.45, 2.75) is 32.7 Å². The Bertz CT molecular complexity index is 481. The highest BCUT2D eigenvalue weighted by molar-refractivity contribution is 14.1. The third-order valence-electron chi connectivity index (χ3n) is 4.40. The topological polar surface area (TPSA) is 23.6 Å². The lowest BCUT2D eigenvalue weighted by molar-refractivity contribution is 0.0666. The molecule has 1 saturated heterocycles. The highest BCUT2D eigenvalue weighted by Crippen LogP contribution is 2.21. The van der Waals surface area contributed by atoms with Crippen molar-refractivity contribution in [3.05, 3.63) is 33.4 Å². The predicted octanol–water partition coefficient (Wildman–Crippen LogP) is 3.48. The molecule has 21 heavy (non-hydrogen) atoms. The fourth-order valence-corrected chi connectivity index (χ4v) is 3.28.